The van der Waals surface area contributed by atoms with Crippen LogP contribution in [0.15, 0.2) is 16.6 Å². The number of rotatable bonds is 3. The molecule has 0 spiro atoms. The van der Waals surface area contributed by atoms with Crippen molar-refractivity contribution in [3.63, 3.8) is 0 Å². The average Bonchev–Trinajstić information content (AvgIpc) is 2.36. The monoisotopic (exact) mass is 332 g/mol. The maximum atomic E-state index is 6.57. The van der Waals surface area contributed by atoms with Crippen molar-refractivity contribution in [3.8, 4) is 11.5 Å². The summed E-state index contributed by atoms with van der Waals surface area (Å²) in [5, 5.41) is -0.0322. The largest absolute Gasteiger partial charge is 0.486 e. The van der Waals surface area contributed by atoms with Crippen molar-refractivity contribution < 1.29 is 9.47 Å². The van der Waals surface area contributed by atoms with E-state index in [0.29, 0.717) is 25.0 Å². The summed E-state index contributed by atoms with van der Waals surface area (Å²) in [5.41, 5.74) is 1.07. The minimum atomic E-state index is -0.0322. The van der Waals surface area contributed by atoms with Crippen molar-refractivity contribution in [1.82, 2.24) is 0 Å². The van der Waals surface area contributed by atoms with Gasteiger partial charge in [0.1, 0.15) is 13.2 Å². The number of alkyl halides is 1. The summed E-state index contributed by atoms with van der Waals surface area (Å²) in [7, 11) is 0. The van der Waals surface area contributed by atoms with E-state index in [1.165, 1.54) is 0 Å². The van der Waals surface area contributed by atoms with Crippen LogP contribution >= 0.6 is 27.5 Å². The molecule has 0 aromatic heterocycles. The van der Waals surface area contributed by atoms with Crippen molar-refractivity contribution in [2.24, 2.45) is 11.8 Å². The second kappa shape index (κ2) is 5.70. The van der Waals surface area contributed by atoms with Gasteiger partial charge in [-0.25, -0.2) is 0 Å². The summed E-state index contributed by atoms with van der Waals surface area (Å²) in [4.78, 5) is 0. The number of halogens is 2. The van der Waals surface area contributed by atoms with Crippen LogP contribution in [0.1, 0.15) is 31.7 Å². The Bertz CT molecular complexity index is 434. The molecule has 0 saturated carbocycles. The Morgan fingerprint density at radius 1 is 1.11 bits per heavy atom. The van der Waals surface area contributed by atoms with Gasteiger partial charge < -0.3 is 9.47 Å². The minimum absolute atomic E-state index is 0.0322. The van der Waals surface area contributed by atoms with Crippen LogP contribution in [-0.4, -0.2) is 13.2 Å². The van der Waals surface area contributed by atoms with Gasteiger partial charge in [0, 0.05) is 4.47 Å². The molecule has 1 aliphatic heterocycles. The van der Waals surface area contributed by atoms with Crippen molar-refractivity contribution >= 4 is 27.5 Å². The van der Waals surface area contributed by atoms with Crippen LogP contribution in [0, 0.1) is 11.8 Å². The summed E-state index contributed by atoms with van der Waals surface area (Å²) in [6.07, 6.45) is 0. The summed E-state index contributed by atoms with van der Waals surface area (Å²) in [6.45, 7) is 7.75. The smallest absolute Gasteiger partial charge is 0.162 e. The van der Waals surface area contributed by atoms with Gasteiger partial charge in [-0.1, -0.05) is 36.7 Å². The molecule has 0 saturated heterocycles. The first-order valence-electron chi connectivity index (χ1n) is 6.23. The molecule has 1 heterocycles. The van der Waals surface area contributed by atoms with Gasteiger partial charge in [-0.3, -0.25) is 0 Å². The van der Waals surface area contributed by atoms with E-state index in [9.17, 15) is 0 Å². The van der Waals surface area contributed by atoms with E-state index < -0.39 is 0 Å². The lowest BCUT2D eigenvalue weighted by Gasteiger charge is -2.25. The Morgan fingerprint density at radius 3 is 2.22 bits per heavy atom. The standard InChI is InChI=1S/C14H18BrClO2/c1-8(2)9(3)14(16)10-6-12-13(7-11(10)15)18-5-4-17-12/h6-9,14H,4-5H2,1-3H3. The fourth-order valence-electron chi connectivity index (χ4n) is 1.91. The molecule has 2 rings (SSSR count). The molecular formula is C14H18BrClO2. The summed E-state index contributed by atoms with van der Waals surface area (Å²) in [5.74, 6) is 2.51. The molecule has 1 aromatic carbocycles. The first-order valence-corrected chi connectivity index (χ1v) is 7.46. The Morgan fingerprint density at radius 2 is 1.67 bits per heavy atom. The minimum Gasteiger partial charge on any atom is -0.486 e. The fraction of sp³-hybridized carbons (Fsp3) is 0.571. The van der Waals surface area contributed by atoms with Gasteiger partial charge in [-0.05, 0) is 29.5 Å². The predicted octanol–water partition coefficient (Wildman–Crippen LogP) is 4.79. The van der Waals surface area contributed by atoms with Gasteiger partial charge in [0.15, 0.2) is 11.5 Å². The zero-order valence-electron chi connectivity index (χ0n) is 10.9. The van der Waals surface area contributed by atoms with Gasteiger partial charge in [-0.2, -0.15) is 0 Å². The highest BCUT2D eigenvalue weighted by molar-refractivity contribution is 9.10. The van der Waals surface area contributed by atoms with Crippen molar-refractivity contribution in [1.29, 1.82) is 0 Å². The molecule has 1 aliphatic rings. The zero-order chi connectivity index (χ0) is 13.3. The lowest BCUT2D eigenvalue weighted by Crippen LogP contribution is -2.17. The fourth-order valence-corrected chi connectivity index (χ4v) is 3.08. The van der Waals surface area contributed by atoms with Crippen LogP contribution in [0.2, 0.25) is 0 Å². The van der Waals surface area contributed by atoms with Gasteiger partial charge in [0.25, 0.3) is 0 Å². The van der Waals surface area contributed by atoms with Gasteiger partial charge >= 0.3 is 0 Å². The summed E-state index contributed by atoms with van der Waals surface area (Å²) >= 11 is 10.1. The molecule has 4 heteroatoms. The van der Waals surface area contributed by atoms with Crippen LogP contribution in [0.4, 0.5) is 0 Å². The van der Waals surface area contributed by atoms with E-state index in [0.717, 1.165) is 21.5 Å². The molecule has 2 unspecified atom stereocenters. The van der Waals surface area contributed by atoms with E-state index in [2.05, 4.69) is 36.7 Å². The maximum Gasteiger partial charge on any atom is 0.162 e. The Kier molecular flexibility index (Phi) is 4.44. The number of hydrogen-bond donors (Lipinski definition) is 0. The Hall–Kier alpha value is -0.410. The number of hydrogen-bond acceptors (Lipinski definition) is 2. The summed E-state index contributed by atoms with van der Waals surface area (Å²) < 4.78 is 12.1. The molecule has 2 nitrogen and oxygen atoms in total. The van der Waals surface area contributed by atoms with Crippen molar-refractivity contribution in [2.45, 2.75) is 26.1 Å². The predicted molar refractivity (Wildman–Crippen MR) is 77.7 cm³/mol. The topological polar surface area (TPSA) is 18.5 Å². The first-order chi connectivity index (χ1) is 8.50. The first kappa shape index (κ1) is 14.0. The third-order valence-electron chi connectivity index (χ3n) is 3.47. The van der Waals surface area contributed by atoms with Crippen LogP contribution in [0.25, 0.3) is 0 Å². The molecule has 100 valence electrons. The quantitative estimate of drug-likeness (QED) is 0.740. The molecule has 0 bridgehead atoms. The van der Waals surface area contributed by atoms with Gasteiger partial charge in [0.2, 0.25) is 0 Å². The molecule has 1 aromatic rings. The normalized spacial score (nSPS) is 17.7. The molecule has 2 atom stereocenters. The highest BCUT2D eigenvalue weighted by atomic mass is 79.9. The highest BCUT2D eigenvalue weighted by Gasteiger charge is 2.24. The van der Waals surface area contributed by atoms with Crippen LogP contribution in [-0.2, 0) is 0 Å². The SMILES string of the molecule is CC(C)C(C)C(Cl)c1cc2c(cc1Br)OCCO2. The van der Waals surface area contributed by atoms with Gasteiger partial charge in [0.05, 0.1) is 5.38 Å². The third-order valence-corrected chi connectivity index (χ3v) is 4.79. The van der Waals surface area contributed by atoms with E-state index in [-0.39, 0.29) is 5.38 Å². The molecule has 0 aliphatic carbocycles. The van der Waals surface area contributed by atoms with E-state index in [4.69, 9.17) is 21.1 Å². The van der Waals surface area contributed by atoms with Crippen molar-refractivity contribution in [2.75, 3.05) is 13.2 Å². The van der Waals surface area contributed by atoms with E-state index in [1.54, 1.807) is 0 Å². The lowest BCUT2D eigenvalue weighted by atomic mass is 9.90. The van der Waals surface area contributed by atoms with Crippen LogP contribution < -0.4 is 9.47 Å². The number of ether oxygens (including phenoxy) is 2. The molecular weight excluding hydrogens is 316 g/mol. The molecule has 0 fully saturated rings. The maximum absolute atomic E-state index is 6.57. The number of benzene rings is 1. The Labute approximate surface area is 122 Å². The summed E-state index contributed by atoms with van der Waals surface area (Å²) in [6, 6.07) is 3.95. The lowest BCUT2D eigenvalue weighted by molar-refractivity contribution is 0.171. The second-order valence-electron chi connectivity index (χ2n) is 5.02. The van der Waals surface area contributed by atoms with Crippen LogP contribution in [0.5, 0.6) is 11.5 Å². The van der Waals surface area contributed by atoms with Crippen molar-refractivity contribution in [3.05, 3.63) is 22.2 Å². The number of fused-ring (bicyclic) bond motifs is 1. The Balaban J connectivity index is 2.33. The van der Waals surface area contributed by atoms with E-state index >= 15 is 0 Å². The molecule has 0 radical (unpaired) electrons. The molecule has 0 amide bonds. The van der Waals surface area contributed by atoms with Gasteiger partial charge in [-0.15, -0.1) is 11.6 Å². The zero-order valence-corrected chi connectivity index (χ0v) is 13.2. The van der Waals surface area contributed by atoms with Crippen LogP contribution in [0.3, 0.4) is 0 Å². The highest BCUT2D eigenvalue weighted by Crippen LogP contribution is 2.43. The third kappa shape index (κ3) is 2.77. The molecule has 0 N–H and O–H groups in total. The van der Waals surface area contributed by atoms with E-state index in [1.807, 2.05) is 12.1 Å². The second-order valence-corrected chi connectivity index (χ2v) is 6.35. The average molecular weight is 334 g/mol. The molecule has 18 heavy (non-hydrogen) atoms.